The van der Waals surface area contributed by atoms with E-state index in [-0.39, 0.29) is 12.2 Å². The molecule has 0 aliphatic carbocycles. The van der Waals surface area contributed by atoms with Gasteiger partial charge >= 0.3 is 0 Å². The van der Waals surface area contributed by atoms with E-state index in [1.165, 1.54) is 0 Å². The van der Waals surface area contributed by atoms with Crippen LogP contribution >= 0.6 is 0 Å². The third-order valence-corrected chi connectivity index (χ3v) is 2.59. The zero-order valence-corrected chi connectivity index (χ0v) is 9.33. The van der Waals surface area contributed by atoms with E-state index in [4.69, 9.17) is 14.6 Å². The molecule has 0 atom stereocenters. The number of benzene rings is 1. The fourth-order valence-corrected chi connectivity index (χ4v) is 1.98. The highest BCUT2D eigenvalue weighted by molar-refractivity contribution is 5.52. The molecule has 0 bridgehead atoms. The lowest BCUT2D eigenvalue weighted by atomic mass is 10.00. The monoisotopic (exact) mass is 208 g/mol. The van der Waals surface area contributed by atoms with E-state index in [9.17, 15) is 0 Å². The normalized spacial score (nSPS) is 17.1. The summed E-state index contributed by atoms with van der Waals surface area (Å²) in [6, 6.07) is 3.80. The van der Waals surface area contributed by atoms with E-state index in [1.807, 2.05) is 26.0 Å². The maximum absolute atomic E-state index is 9.12. The van der Waals surface area contributed by atoms with E-state index in [0.717, 1.165) is 23.3 Å². The lowest BCUT2D eigenvalue weighted by Gasteiger charge is -2.17. The van der Waals surface area contributed by atoms with Gasteiger partial charge < -0.3 is 14.6 Å². The van der Waals surface area contributed by atoms with Crippen LogP contribution in [0.5, 0.6) is 11.5 Å². The molecule has 0 saturated heterocycles. The molecular weight excluding hydrogens is 192 g/mol. The van der Waals surface area contributed by atoms with Gasteiger partial charge in [-0.1, -0.05) is 0 Å². The summed E-state index contributed by atoms with van der Waals surface area (Å²) in [6.07, 6.45) is 0.854. The summed E-state index contributed by atoms with van der Waals surface area (Å²) >= 11 is 0. The quantitative estimate of drug-likeness (QED) is 0.806. The summed E-state index contributed by atoms with van der Waals surface area (Å²) in [7, 11) is 1.62. The second-order valence-corrected chi connectivity index (χ2v) is 4.48. The van der Waals surface area contributed by atoms with E-state index in [1.54, 1.807) is 7.11 Å². The summed E-state index contributed by atoms with van der Waals surface area (Å²) < 4.78 is 11.1. The van der Waals surface area contributed by atoms with Gasteiger partial charge in [-0.05, 0) is 31.5 Å². The first-order chi connectivity index (χ1) is 7.05. The maximum atomic E-state index is 9.12. The number of aliphatic hydroxyl groups is 1. The third kappa shape index (κ3) is 1.79. The Kier molecular flexibility index (Phi) is 2.35. The Bertz CT molecular complexity index is 383. The molecule has 3 nitrogen and oxygen atoms in total. The molecule has 0 spiro atoms. The molecule has 3 heteroatoms. The van der Waals surface area contributed by atoms with Gasteiger partial charge in [0.15, 0.2) is 11.5 Å². The van der Waals surface area contributed by atoms with Crippen LogP contribution in [0.3, 0.4) is 0 Å². The van der Waals surface area contributed by atoms with Crippen molar-refractivity contribution < 1.29 is 14.6 Å². The number of aliphatic hydroxyl groups excluding tert-OH is 1. The number of methoxy groups -OCH3 is 1. The number of hydrogen-bond donors (Lipinski definition) is 1. The molecule has 1 aromatic rings. The molecule has 0 radical (unpaired) electrons. The van der Waals surface area contributed by atoms with Crippen molar-refractivity contribution in [1.29, 1.82) is 0 Å². The molecule has 0 aromatic heterocycles. The minimum absolute atomic E-state index is 0.0318. The summed E-state index contributed by atoms with van der Waals surface area (Å²) in [4.78, 5) is 0. The zero-order valence-electron chi connectivity index (χ0n) is 9.33. The Morgan fingerprint density at radius 1 is 1.47 bits per heavy atom. The molecule has 0 amide bonds. The van der Waals surface area contributed by atoms with Gasteiger partial charge in [0.1, 0.15) is 5.60 Å². The van der Waals surface area contributed by atoms with Gasteiger partial charge in [-0.3, -0.25) is 0 Å². The first-order valence-electron chi connectivity index (χ1n) is 5.05. The Morgan fingerprint density at radius 2 is 2.20 bits per heavy atom. The summed E-state index contributed by atoms with van der Waals surface area (Å²) in [5.74, 6) is 1.53. The van der Waals surface area contributed by atoms with Crippen LogP contribution in [0.1, 0.15) is 25.0 Å². The van der Waals surface area contributed by atoms with Crippen LogP contribution in [0.15, 0.2) is 12.1 Å². The van der Waals surface area contributed by atoms with Crippen molar-refractivity contribution >= 4 is 0 Å². The fourth-order valence-electron chi connectivity index (χ4n) is 1.98. The van der Waals surface area contributed by atoms with Crippen molar-refractivity contribution in [2.24, 2.45) is 0 Å². The minimum atomic E-state index is -0.177. The van der Waals surface area contributed by atoms with Gasteiger partial charge in [-0.25, -0.2) is 0 Å². The average molecular weight is 208 g/mol. The molecule has 0 saturated carbocycles. The predicted molar refractivity (Wildman–Crippen MR) is 57.3 cm³/mol. The topological polar surface area (TPSA) is 38.7 Å². The number of fused-ring (bicyclic) bond motifs is 1. The predicted octanol–water partition coefficient (Wildman–Crippen LogP) is 1.90. The fraction of sp³-hybridized carbons (Fsp3) is 0.500. The van der Waals surface area contributed by atoms with E-state index < -0.39 is 0 Å². The molecule has 1 heterocycles. The van der Waals surface area contributed by atoms with Crippen LogP contribution in [-0.4, -0.2) is 17.8 Å². The smallest absolute Gasteiger partial charge is 0.165 e. The van der Waals surface area contributed by atoms with Crippen molar-refractivity contribution in [2.75, 3.05) is 7.11 Å². The van der Waals surface area contributed by atoms with Gasteiger partial charge in [-0.15, -0.1) is 0 Å². The lowest BCUT2D eigenvalue weighted by molar-refractivity contribution is 0.134. The van der Waals surface area contributed by atoms with E-state index in [0.29, 0.717) is 5.75 Å². The molecular formula is C12H16O3. The maximum Gasteiger partial charge on any atom is 0.165 e. The standard InChI is InChI=1S/C12H16O3/c1-12(2)6-9-4-8(7-13)5-10(14-3)11(9)15-12/h4-5,13H,6-7H2,1-3H3. The Morgan fingerprint density at radius 3 is 2.80 bits per heavy atom. The van der Waals surface area contributed by atoms with Crippen LogP contribution in [0.25, 0.3) is 0 Å². The summed E-state index contributed by atoms with van der Waals surface area (Å²) in [5.41, 5.74) is 1.80. The Hall–Kier alpha value is -1.22. The van der Waals surface area contributed by atoms with Gasteiger partial charge in [0.05, 0.1) is 13.7 Å². The van der Waals surface area contributed by atoms with Crippen molar-refractivity contribution in [2.45, 2.75) is 32.5 Å². The van der Waals surface area contributed by atoms with Crippen molar-refractivity contribution in [3.63, 3.8) is 0 Å². The Balaban J connectivity index is 2.48. The van der Waals surface area contributed by atoms with E-state index >= 15 is 0 Å². The van der Waals surface area contributed by atoms with Crippen LogP contribution in [-0.2, 0) is 13.0 Å². The van der Waals surface area contributed by atoms with Crippen LogP contribution < -0.4 is 9.47 Å². The first kappa shape index (κ1) is 10.3. The van der Waals surface area contributed by atoms with Gasteiger partial charge in [0.2, 0.25) is 0 Å². The highest BCUT2D eigenvalue weighted by Crippen LogP contribution is 2.42. The van der Waals surface area contributed by atoms with Crippen molar-refractivity contribution in [3.05, 3.63) is 23.3 Å². The molecule has 0 fully saturated rings. The number of hydrogen-bond acceptors (Lipinski definition) is 3. The molecule has 2 rings (SSSR count). The molecule has 1 aliphatic rings. The molecule has 0 unspecified atom stereocenters. The summed E-state index contributed by atoms with van der Waals surface area (Å²) in [5, 5.41) is 9.12. The highest BCUT2D eigenvalue weighted by Gasteiger charge is 2.32. The van der Waals surface area contributed by atoms with Crippen LogP contribution in [0.2, 0.25) is 0 Å². The second-order valence-electron chi connectivity index (χ2n) is 4.48. The highest BCUT2D eigenvalue weighted by atomic mass is 16.5. The van der Waals surface area contributed by atoms with Gasteiger partial charge in [0, 0.05) is 12.0 Å². The van der Waals surface area contributed by atoms with Crippen LogP contribution in [0, 0.1) is 0 Å². The lowest BCUT2D eigenvalue weighted by Crippen LogP contribution is -2.24. The minimum Gasteiger partial charge on any atom is -0.493 e. The number of rotatable bonds is 2. The molecule has 1 aromatic carbocycles. The zero-order chi connectivity index (χ0) is 11.1. The molecule has 1 N–H and O–H groups in total. The molecule has 1 aliphatic heterocycles. The third-order valence-electron chi connectivity index (χ3n) is 2.59. The van der Waals surface area contributed by atoms with Gasteiger partial charge in [0.25, 0.3) is 0 Å². The van der Waals surface area contributed by atoms with E-state index in [2.05, 4.69) is 0 Å². The van der Waals surface area contributed by atoms with Crippen LogP contribution in [0.4, 0.5) is 0 Å². The average Bonchev–Trinajstić information content (AvgIpc) is 2.50. The Labute approximate surface area is 89.6 Å². The van der Waals surface area contributed by atoms with Gasteiger partial charge in [-0.2, -0.15) is 0 Å². The SMILES string of the molecule is COc1cc(CO)cc2c1OC(C)(C)C2. The van der Waals surface area contributed by atoms with Crippen molar-refractivity contribution in [3.8, 4) is 11.5 Å². The summed E-state index contributed by atoms with van der Waals surface area (Å²) in [6.45, 7) is 4.13. The first-order valence-corrected chi connectivity index (χ1v) is 5.05. The van der Waals surface area contributed by atoms with Crippen molar-refractivity contribution in [1.82, 2.24) is 0 Å². The second kappa shape index (κ2) is 3.42. The molecule has 15 heavy (non-hydrogen) atoms. The number of ether oxygens (including phenoxy) is 2. The largest absolute Gasteiger partial charge is 0.493 e. The molecule has 82 valence electrons.